The van der Waals surface area contributed by atoms with Crippen LogP contribution in [0.2, 0.25) is 0 Å². The Balaban J connectivity index is 1.64. The van der Waals surface area contributed by atoms with Crippen LogP contribution in [0, 0.1) is 11.8 Å². The molecule has 2 saturated carbocycles. The van der Waals surface area contributed by atoms with Gasteiger partial charge in [0.15, 0.2) is 0 Å². The largest absolute Gasteiger partial charge is 0.375 e. The third-order valence-electron chi connectivity index (χ3n) is 5.74. The molecule has 0 radical (unpaired) electrons. The van der Waals surface area contributed by atoms with Crippen molar-refractivity contribution in [1.82, 2.24) is 4.98 Å². The molecule has 5 nitrogen and oxygen atoms in total. The fourth-order valence-corrected chi connectivity index (χ4v) is 5.08. The van der Waals surface area contributed by atoms with Crippen molar-refractivity contribution in [2.24, 2.45) is 11.8 Å². The quantitative estimate of drug-likeness (QED) is 0.789. The summed E-state index contributed by atoms with van der Waals surface area (Å²) in [4.78, 5) is 4.53. The maximum absolute atomic E-state index is 11.5. The molecule has 126 valence electrons. The smallest absolute Gasteiger partial charge is 0.264 e. The minimum Gasteiger partial charge on any atom is -0.375 e. The second-order valence-electron chi connectivity index (χ2n) is 7.58. The summed E-state index contributed by atoms with van der Waals surface area (Å²) in [6.45, 7) is 0.798. The standard InChI is InChI=1S/C17H23NO4S/c1-23(19,20)22-12-16(15-4-2-3-6-18-15)5-7-21-17(11-16)9-13-8-14(13)10-17/h2-4,6,13-14H,5,7-12H2,1H3. The highest BCUT2D eigenvalue weighted by atomic mass is 32.2. The maximum Gasteiger partial charge on any atom is 0.264 e. The Kier molecular flexibility index (Phi) is 3.55. The molecule has 1 saturated heterocycles. The Morgan fingerprint density at radius 2 is 2.13 bits per heavy atom. The predicted octanol–water partition coefficient (Wildman–Crippen LogP) is 2.27. The van der Waals surface area contributed by atoms with Crippen molar-refractivity contribution in [1.29, 1.82) is 0 Å². The highest BCUT2D eigenvalue weighted by Gasteiger charge is 2.59. The lowest BCUT2D eigenvalue weighted by Crippen LogP contribution is -2.49. The lowest BCUT2D eigenvalue weighted by atomic mass is 9.69. The molecule has 2 heterocycles. The van der Waals surface area contributed by atoms with E-state index >= 15 is 0 Å². The Labute approximate surface area is 137 Å². The second-order valence-corrected chi connectivity index (χ2v) is 9.23. The van der Waals surface area contributed by atoms with Gasteiger partial charge in [-0.05, 0) is 56.1 Å². The molecule has 0 N–H and O–H groups in total. The Bertz CT molecular complexity index is 680. The van der Waals surface area contributed by atoms with Crippen LogP contribution in [0.15, 0.2) is 24.4 Å². The van der Waals surface area contributed by atoms with Crippen LogP contribution in [-0.2, 0) is 24.5 Å². The molecule has 4 rings (SSSR count). The summed E-state index contributed by atoms with van der Waals surface area (Å²) < 4.78 is 34.5. The van der Waals surface area contributed by atoms with Gasteiger partial charge in [-0.1, -0.05) is 6.07 Å². The van der Waals surface area contributed by atoms with Crippen molar-refractivity contribution in [2.45, 2.75) is 43.1 Å². The van der Waals surface area contributed by atoms with Crippen LogP contribution >= 0.6 is 0 Å². The summed E-state index contributed by atoms with van der Waals surface area (Å²) >= 11 is 0. The number of nitrogens with zero attached hydrogens (tertiary/aromatic N) is 1. The highest BCUT2D eigenvalue weighted by Crippen LogP contribution is 2.61. The molecule has 0 amide bonds. The van der Waals surface area contributed by atoms with Gasteiger partial charge in [0.1, 0.15) is 0 Å². The van der Waals surface area contributed by atoms with E-state index in [0.717, 1.165) is 49.5 Å². The predicted molar refractivity (Wildman–Crippen MR) is 85.5 cm³/mol. The van der Waals surface area contributed by atoms with Crippen LogP contribution in [0.5, 0.6) is 0 Å². The van der Waals surface area contributed by atoms with Gasteiger partial charge in [0.25, 0.3) is 10.1 Å². The summed E-state index contributed by atoms with van der Waals surface area (Å²) in [6.07, 6.45) is 7.97. The minimum absolute atomic E-state index is 0.107. The van der Waals surface area contributed by atoms with Gasteiger partial charge in [0.2, 0.25) is 0 Å². The number of rotatable bonds is 4. The molecule has 1 spiro atoms. The van der Waals surface area contributed by atoms with Crippen molar-refractivity contribution < 1.29 is 17.3 Å². The summed E-state index contributed by atoms with van der Waals surface area (Å²) in [5, 5.41) is 0. The van der Waals surface area contributed by atoms with Crippen molar-refractivity contribution in [3.63, 3.8) is 0 Å². The molecule has 3 aliphatic rings. The monoisotopic (exact) mass is 337 g/mol. The number of hydrogen-bond acceptors (Lipinski definition) is 5. The van der Waals surface area contributed by atoms with Crippen molar-refractivity contribution in [3.05, 3.63) is 30.1 Å². The molecule has 2 aliphatic carbocycles. The average molecular weight is 337 g/mol. The first-order valence-electron chi connectivity index (χ1n) is 8.30. The van der Waals surface area contributed by atoms with Crippen LogP contribution in [0.3, 0.4) is 0 Å². The van der Waals surface area contributed by atoms with E-state index in [1.807, 2.05) is 18.2 Å². The normalized spacial score (nSPS) is 39.3. The molecule has 23 heavy (non-hydrogen) atoms. The first-order valence-corrected chi connectivity index (χ1v) is 10.1. The van der Waals surface area contributed by atoms with Gasteiger partial charge in [0.05, 0.1) is 18.5 Å². The van der Waals surface area contributed by atoms with Crippen LogP contribution in [-0.4, -0.2) is 38.5 Å². The summed E-state index contributed by atoms with van der Waals surface area (Å²) in [6, 6.07) is 5.83. The molecule has 1 aliphatic heterocycles. The second kappa shape index (κ2) is 5.26. The van der Waals surface area contributed by atoms with Gasteiger partial charge in [-0.25, -0.2) is 0 Å². The number of hydrogen-bond donors (Lipinski definition) is 0. The van der Waals surface area contributed by atoms with Gasteiger partial charge < -0.3 is 4.74 Å². The van der Waals surface area contributed by atoms with Crippen LogP contribution < -0.4 is 0 Å². The Hall–Kier alpha value is -0.980. The van der Waals surface area contributed by atoms with Crippen LogP contribution in [0.25, 0.3) is 0 Å². The van der Waals surface area contributed by atoms with Crippen LogP contribution in [0.1, 0.15) is 37.8 Å². The number of pyridine rings is 1. The van der Waals surface area contributed by atoms with E-state index in [2.05, 4.69) is 4.98 Å². The molecule has 3 atom stereocenters. The zero-order valence-corrected chi connectivity index (χ0v) is 14.2. The van der Waals surface area contributed by atoms with E-state index in [4.69, 9.17) is 8.92 Å². The van der Waals surface area contributed by atoms with Crippen molar-refractivity contribution in [2.75, 3.05) is 19.5 Å². The van der Waals surface area contributed by atoms with Gasteiger partial charge in [0, 0.05) is 23.9 Å². The zero-order valence-electron chi connectivity index (χ0n) is 13.4. The van der Waals surface area contributed by atoms with E-state index in [1.165, 1.54) is 6.42 Å². The first kappa shape index (κ1) is 15.5. The third-order valence-corrected chi connectivity index (χ3v) is 6.29. The molecule has 6 heteroatoms. The van der Waals surface area contributed by atoms with E-state index in [1.54, 1.807) is 6.20 Å². The van der Waals surface area contributed by atoms with E-state index in [9.17, 15) is 8.42 Å². The first-order chi connectivity index (χ1) is 10.9. The van der Waals surface area contributed by atoms with Gasteiger partial charge in [-0.3, -0.25) is 9.17 Å². The highest BCUT2D eigenvalue weighted by molar-refractivity contribution is 7.85. The molecule has 1 aromatic rings. The summed E-state index contributed by atoms with van der Waals surface area (Å²) in [5.74, 6) is 1.62. The summed E-state index contributed by atoms with van der Waals surface area (Å²) in [7, 11) is -3.48. The van der Waals surface area contributed by atoms with E-state index < -0.39 is 10.1 Å². The number of ether oxygens (including phenoxy) is 1. The zero-order chi connectivity index (χ0) is 16.1. The fourth-order valence-electron chi connectivity index (χ4n) is 4.64. The topological polar surface area (TPSA) is 65.5 Å². The average Bonchev–Trinajstić information content (AvgIpc) is 3.13. The van der Waals surface area contributed by atoms with Gasteiger partial charge in [-0.15, -0.1) is 0 Å². The number of fused-ring (bicyclic) bond motifs is 1. The summed E-state index contributed by atoms with van der Waals surface area (Å²) in [5.41, 5.74) is 0.441. The molecule has 0 aromatic carbocycles. The lowest BCUT2D eigenvalue weighted by molar-refractivity contribution is -0.115. The molecule has 0 bridgehead atoms. The maximum atomic E-state index is 11.5. The lowest BCUT2D eigenvalue weighted by Gasteiger charge is -2.46. The third kappa shape index (κ3) is 3.04. The molecular formula is C17H23NO4S. The van der Waals surface area contributed by atoms with Crippen LogP contribution in [0.4, 0.5) is 0 Å². The van der Waals surface area contributed by atoms with Crippen molar-refractivity contribution in [3.8, 4) is 0 Å². The Morgan fingerprint density at radius 3 is 2.78 bits per heavy atom. The van der Waals surface area contributed by atoms with E-state index in [-0.39, 0.29) is 17.6 Å². The SMILES string of the molecule is CS(=O)(=O)OCC1(c2ccccn2)CCOC2(CC3CC3C2)C1. The fraction of sp³-hybridized carbons (Fsp3) is 0.706. The molecule has 3 unspecified atom stereocenters. The molecule has 3 fully saturated rings. The van der Waals surface area contributed by atoms with E-state index in [0.29, 0.717) is 6.61 Å². The minimum atomic E-state index is -3.48. The van der Waals surface area contributed by atoms with Crippen molar-refractivity contribution >= 4 is 10.1 Å². The molecular weight excluding hydrogens is 314 g/mol. The number of aromatic nitrogens is 1. The molecule has 1 aromatic heterocycles. The van der Waals surface area contributed by atoms with Gasteiger partial charge >= 0.3 is 0 Å². The Morgan fingerprint density at radius 1 is 1.35 bits per heavy atom. The van der Waals surface area contributed by atoms with Gasteiger partial charge in [-0.2, -0.15) is 8.42 Å².